The van der Waals surface area contributed by atoms with Gasteiger partial charge in [-0.05, 0) is 66.4 Å². The van der Waals surface area contributed by atoms with E-state index in [0.717, 1.165) is 11.1 Å². The van der Waals surface area contributed by atoms with Gasteiger partial charge in [-0.15, -0.1) is 11.3 Å². The first-order valence-corrected chi connectivity index (χ1v) is 16.0. The van der Waals surface area contributed by atoms with Gasteiger partial charge in [0.2, 0.25) is 5.91 Å². The Labute approximate surface area is 275 Å². The van der Waals surface area contributed by atoms with Crippen molar-refractivity contribution in [2.24, 2.45) is 5.73 Å². The second-order valence-electron chi connectivity index (χ2n) is 11.0. The molecule has 5 rings (SSSR count). The van der Waals surface area contributed by atoms with Gasteiger partial charge < -0.3 is 40.4 Å². The molecule has 0 aliphatic carbocycles. The lowest BCUT2D eigenvalue weighted by Crippen LogP contribution is -2.47. The summed E-state index contributed by atoms with van der Waals surface area (Å²) in [4.78, 5) is 28.4. The predicted octanol–water partition coefficient (Wildman–Crippen LogP) is 5.20. The number of hydrogen-bond acceptors (Lipinski definition) is 10. The number of nitrogens with one attached hydrogen (secondary N) is 2. The quantitative estimate of drug-likeness (QED) is 0.118. The summed E-state index contributed by atoms with van der Waals surface area (Å²) in [6, 6.07) is 14.2. The maximum atomic E-state index is 15.4. The molecule has 1 amide bonds. The molecule has 11 nitrogen and oxygen atoms in total. The molecule has 1 aliphatic rings. The maximum Gasteiger partial charge on any atom is 0.335 e. The number of aromatic carboxylic acids is 1. The number of amides is 1. The van der Waals surface area contributed by atoms with Crippen molar-refractivity contribution in [2.75, 3.05) is 51.4 Å². The van der Waals surface area contributed by atoms with E-state index in [2.05, 4.69) is 15.6 Å². The Kier molecular flexibility index (Phi) is 11.5. The zero-order valence-corrected chi connectivity index (χ0v) is 26.7. The average Bonchev–Trinajstić information content (AvgIpc) is 3.56. The van der Waals surface area contributed by atoms with Crippen LogP contribution in [-0.4, -0.2) is 68.1 Å². The molecule has 1 aliphatic heterocycles. The first kappa shape index (κ1) is 33.9. The number of hydrogen-bond donors (Lipinski definition) is 4. The van der Waals surface area contributed by atoms with Gasteiger partial charge in [0, 0.05) is 48.3 Å². The van der Waals surface area contributed by atoms with E-state index in [1.165, 1.54) is 29.5 Å². The normalized spacial score (nSPS) is 15.6. The number of fused-ring (bicyclic) bond motifs is 1. The Morgan fingerprint density at radius 3 is 2.51 bits per heavy atom. The summed E-state index contributed by atoms with van der Waals surface area (Å²) in [6.07, 6.45) is 2.48. The van der Waals surface area contributed by atoms with Crippen molar-refractivity contribution in [1.29, 1.82) is 0 Å². The van der Waals surface area contributed by atoms with E-state index in [1.54, 1.807) is 35.8 Å². The number of halogens is 1. The number of benzene rings is 3. The molecule has 248 valence electrons. The molecule has 0 saturated heterocycles. The van der Waals surface area contributed by atoms with E-state index in [0.29, 0.717) is 73.7 Å². The topological polar surface area (TPSA) is 154 Å². The van der Waals surface area contributed by atoms with Crippen molar-refractivity contribution >= 4 is 28.3 Å². The smallest absolute Gasteiger partial charge is 0.335 e. The average molecular weight is 665 g/mol. The van der Waals surface area contributed by atoms with Crippen LogP contribution in [0.25, 0.3) is 11.1 Å². The molecule has 0 unspecified atom stereocenters. The van der Waals surface area contributed by atoms with Crippen molar-refractivity contribution in [3.8, 4) is 28.4 Å². The van der Waals surface area contributed by atoms with E-state index in [-0.39, 0.29) is 30.2 Å². The highest BCUT2D eigenvalue weighted by Crippen LogP contribution is 2.41. The maximum absolute atomic E-state index is 15.4. The molecular weight excluding hydrogens is 627 g/mol. The molecule has 0 bridgehead atoms. The lowest BCUT2D eigenvalue weighted by atomic mass is 9.81. The summed E-state index contributed by atoms with van der Waals surface area (Å²) in [5, 5.41) is 17.8. The van der Waals surface area contributed by atoms with Crippen molar-refractivity contribution in [1.82, 2.24) is 10.3 Å². The number of carboxylic acid groups (broad SMARTS) is 1. The summed E-state index contributed by atoms with van der Waals surface area (Å²) in [5.74, 6) is -0.745. The number of carboxylic acids is 1. The molecule has 2 heterocycles. The fourth-order valence-corrected chi connectivity index (χ4v) is 5.88. The second kappa shape index (κ2) is 15.9. The molecule has 3 aromatic carbocycles. The Hall–Kier alpha value is -4.40. The lowest BCUT2D eigenvalue weighted by Gasteiger charge is -2.37. The van der Waals surface area contributed by atoms with Crippen molar-refractivity contribution < 1.29 is 38.0 Å². The molecule has 13 heteroatoms. The molecule has 0 saturated carbocycles. The van der Waals surface area contributed by atoms with E-state index in [9.17, 15) is 14.7 Å². The highest BCUT2D eigenvalue weighted by Gasteiger charge is 2.35. The second-order valence-corrected chi connectivity index (χ2v) is 11.9. The largest absolute Gasteiger partial charge is 0.487 e. The predicted molar refractivity (Wildman–Crippen MR) is 176 cm³/mol. The Balaban J connectivity index is 1.38. The van der Waals surface area contributed by atoms with Crippen molar-refractivity contribution in [2.45, 2.75) is 25.3 Å². The zero-order valence-electron chi connectivity index (χ0n) is 25.9. The molecule has 0 fully saturated rings. The van der Waals surface area contributed by atoms with Crippen LogP contribution in [0.2, 0.25) is 0 Å². The summed E-state index contributed by atoms with van der Waals surface area (Å²) in [7, 11) is 0. The summed E-state index contributed by atoms with van der Waals surface area (Å²) < 4.78 is 38.7. The van der Waals surface area contributed by atoms with Crippen LogP contribution in [0, 0.1) is 5.82 Å². The number of ether oxygens (including phenoxy) is 4. The van der Waals surface area contributed by atoms with Crippen molar-refractivity contribution in [3.63, 3.8) is 0 Å². The first-order chi connectivity index (χ1) is 22.8. The van der Waals surface area contributed by atoms with Crippen LogP contribution in [0.5, 0.6) is 17.2 Å². The van der Waals surface area contributed by atoms with Gasteiger partial charge >= 0.3 is 5.97 Å². The number of nitrogens with zero attached hydrogens (tertiary/aromatic N) is 1. The Morgan fingerprint density at radius 2 is 1.81 bits per heavy atom. The minimum absolute atomic E-state index is 0.113. The highest BCUT2D eigenvalue weighted by atomic mass is 32.1. The van der Waals surface area contributed by atoms with Crippen LogP contribution in [0.3, 0.4) is 0 Å². The van der Waals surface area contributed by atoms with Crippen LogP contribution < -0.4 is 25.8 Å². The van der Waals surface area contributed by atoms with Crippen molar-refractivity contribution in [3.05, 3.63) is 88.7 Å². The number of nitrogens with two attached hydrogens (primary N) is 1. The number of anilines is 1. The third-order valence-electron chi connectivity index (χ3n) is 7.60. The minimum atomic E-state index is -1.06. The van der Waals surface area contributed by atoms with E-state index >= 15 is 4.39 Å². The van der Waals surface area contributed by atoms with Gasteiger partial charge in [-0.25, -0.2) is 14.2 Å². The molecule has 4 aromatic rings. The summed E-state index contributed by atoms with van der Waals surface area (Å²) in [6.45, 7) is 4.89. The summed E-state index contributed by atoms with van der Waals surface area (Å²) >= 11 is 1.35. The van der Waals surface area contributed by atoms with E-state index in [1.807, 2.05) is 19.1 Å². The Morgan fingerprint density at radius 1 is 1.04 bits per heavy atom. The van der Waals surface area contributed by atoms with E-state index in [4.69, 9.17) is 24.7 Å². The molecule has 5 N–H and O–H groups in total. The number of carbonyl (C=O) groups excluding carboxylic acids is 1. The lowest BCUT2D eigenvalue weighted by molar-refractivity contribution is -0.117. The molecule has 0 spiro atoms. The standard InChI is InChI=1S/C34H37FN4O7S/c1-34(21-31(40)39-33-37-11-17-47-33)27-20-30(29(18-24(27)8-10-38-34)45-16-15-44-14-13-43-12-9-36)46-25-6-7-26(28(35)19-25)22-2-4-23(5-3-22)32(41)42/h2-7,11,17-20,38H,8-10,12-16,21,36H2,1H3,(H,41,42)(H,37,39,40)/t34-/m1/s1. The van der Waals surface area contributed by atoms with Crippen LogP contribution in [0.4, 0.5) is 9.52 Å². The van der Waals surface area contributed by atoms with Gasteiger partial charge in [0.1, 0.15) is 18.2 Å². The number of rotatable bonds is 16. The van der Waals surface area contributed by atoms with Gasteiger partial charge in [0.15, 0.2) is 16.6 Å². The number of carbonyl (C=O) groups is 2. The van der Waals surface area contributed by atoms with Crippen LogP contribution in [-0.2, 0) is 26.2 Å². The third kappa shape index (κ3) is 8.90. The van der Waals surface area contributed by atoms with Gasteiger partial charge in [-0.1, -0.05) is 12.1 Å². The summed E-state index contributed by atoms with van der Waals surface area (Å²) in [5.41, 5.74) is 7.51. The highest BCUT2D eigenvalue weighted by molar-refractivity contribution is 7.13. The van der Waals surface area contributed by atoms with Gasteiger partial charge in [0.05, 0.1) is 32.0 Å². The van der Waals surface area contributed by atoms with Crippen LogP contribution in [0.15, 0.2) is 66.2 Å². The SMILES string of the molecule is C[C@]1(CC(=O)Nc2nccs2)NCCc2cc(OCCOCCOCCN)c(Oc3ccc(-c4ccc(C(=O)O)cc4)c(F)c3)cc21. The van der Waals surface area contributed by atoms with Crippen LogP contribution >= 0.6 is 11.3 Å². The van der Waals surface area contributed by atoms with Gasteiger partial charge in [-0.3, -0.25) is 4.79 Å². The van der Waals surface area contributed by atoms with Gasteiger partial charge in [0.25, 0.3) is 0 Å². The molecular formula is C34H37FN4O7S. The third-order valence-corrected chi connectivity index (χ3v) is 8.29. The fraction of sp³-hybridized carbons (Fsp3) is 0.324. The monoisotopic (exact) mass is 664 g/mol. The number of thiazole rings is 1. The molecule has 1 aromatic heterocycles. The molecule has 0 radical (unpaired) electrons. The molecule has 47 heavy (non-hydrogen) atoms. The van der Waals surface area contributed by atoms with Crippen LogP contribution in [0.1, 0.15) is 34.8 Å². The zero-order chi connectivity index (χ0) is 33.2. The fourth-order valence-electron chi connectivity index (χ4n) is 5.34. The first-order valence-electron chi connectivity index (χ1n) is 15.2. The number of aromatic nitrogens is 1. The van der Waals surface area contributed by atoms with E-state index < -0.39 is 17.3 Å². The minimum Gasteiger partial charge on any atom is -0.487 e. The Bertz CT molecular complexity index is 1670. The van der Waals surface area contributed by atoms with Gasteiger partial charge in [-0.2, -0.15) is 0 Å². The molecule has 1 atom stereocenters.